The lowest BCUT2D eigenvalue weighted by Crippen LogP contribution is -2.54. The van der Waals surface area contributed by atoms with Gasteiger partial charge in [0.05, 0.1) is 12.2 Å². The van der Waals surface area contributed by atoms with E-state index in [1.165, 1.54) is 0 Å². The number of carbonyl (C=O) groups excluding carboxylic acids is 2. The molecule has 0 spiro atoms. The molecule has 1 saturated heterocycles. The van der Waals surface area contributed by atoms with E-state index in [0.717, 1.165) is 10.6 Å². The van der Waals surface area contributed by atoms with Crippen LogP contribution in [0.2, 0.25) is 0 Å². The van der Waals surface area contributed by atoms with E-state index in [9.17, 15) is 9.59 Å². The number of hydrogen-bond acceptors (Lipinski definition) is 6. The molecule has 0 bridgehead atoms. The fraction of sp³-hybridized carbons (Fsp3) is 0.364. The molecule has 8 heteroatoms. The van der Waals surface area contributed by atoms with E-state index >= 15 is 0 Å². The highest BCUT2D eigenvalue weighted by Gasteiger charge is 2.32. The molecule has 2 aliphatic heterocycles. The SMILES string of the molecule is CSc1ccccc1NC(=O)CN1CCN(C(=O)C2COc3ccccc3O2)CC1. The molecule has 1 N–H and O–H groups in total. The molecule has 30 heavy (non-hydrogen) atoms. The molecule has 1 fully saturated rings. The number of nitrogens with one attached hydrogen (secondary N) is 1. The Morgan fingerprint density at radius 1 is 1.03 bits per heavy atom. The number of ether oxygens (including phenoxy) is 2. The van der Waals surface area contributed by atoms with Crippen LogP contribution in [-0.4, -0.2) is 73.3 Å². The van der Waals surface area contributed by atoms with Crippen molar-refractivity contribution >= 4 is 29.3 Å². The molecule has 0 saturated carbocycles. The molecule has 158 valence electrons. The molecule has 1 atom stereocenters. The van der Waals surface area contributed by atoms with Gasteiger partial charge in [-0.1, -0.05) is 24.3 Å². The highest BCUT2D eigenvalue weighted by molar-refractivity contribution is 7.98. The van der Waals surface area contributed by atoms with Gasteiger partial charge in [0.15, 0.2) is 11.5 Å². The first kappa shape index (κ1) is 20.6. The van der Waals surface area contributed by atoms with Gasteiger partial charge in [0.1, 0.15) is 6.61 Å². The van der Waals surface area contributed by atoms with Crippen LogP contribution in [0.25, 0.3) is 0 Å². The third-order valence-corrected chi connectivity index (χ3v) is 6.01. The largest absolute Gasteiger partial charge is 0.485 e. The summed E-state index contributed by atoms with van der Waals surface area (Å²) in [7, 11) is 0. The lowest BCUT2D eigenvalue weighted by atomic mass is 10.2. The van der Waals surface area contributed by atoms with Gasteiger partial charge in [-0.05, 0) is 30.5 Å². The van der Waals surface area contributed by atoms with Gasteiger partial charge in [-0.25, -0.2) is 0 Å². The van der Waals surface area contributed by atoms with Crippen molar-refractivity contribution < 1.29 is 19.1 Å². The lowest BCUT2D eigenvalue weighted by molar-refractivity contribution is -0.143. The minimum absolute atomic E-state index is 0.0445. The molecule has 2 aromatic carbocycles. The van der Waals surface area contributed by atoms with Crippen LogP contribution >= 0.6 is 11.8 Å². The van der Waals surface area contributed by atoms with Gasteiger partial charge in [-0.2, -0.15) is 0 Å². The van der Waals surface area contributed by atoms with Crippen LogP contribution in [0.4, 0.5) is 5.69 Å². The molecule has 2 aromatic rings. The van der Waals surface area contributed by atoms with Gasteiger partial charge in [0.25, 0.3) is 5.91 Å². The maximum Gasteiger partial charge on any atom is 0.267 e. The van der Waals surface area contributed by atoms with Crippen LogP contribution < -0.4 is 14.8 Å². The maximum absolute atomic E-state index is 12.8. The first-order valence-electron chi connectivity index (χ1n) is 9.96. The van der Waals surface area contributed by atoms with Crippen molar-refractivity contribution in [2.24, 2.45) is 0 Å². The number of carbonyl (C=O) groups is 2. The number of nitrogens with zero attached hydrogens (tertiary/aromatic N) is 2. The van der Waals surface area contributed by atoms with Crippen molar-refractivity contribution in [3.8, 4) is 11.5 Å². The van der Waals surface area contributed by atoms with E-state index in [4.69, 9.17) is 9.47 Å². The average molecular weight is 428 g/mol. The van der Waals surface area contributed by atoms with Crippen LogP contribution in [0.1, 0.15) is 0 Å². The molecule has 0 aliphatic carbocycles. The molecule has 2 aliphatic rings. The summed E-state index contributed by atoms with van der Waals surface area (Å²) < 4.78 is 11.5. The highest BCUT2D eigenvalue weighted by atomic mass is 32.2. The van der Waals surface area contributed by atoms with E-state index in [2.05, 4.69) is 10.2 Å². The molecule has 1 unspecified atom stereocenters. The zero-order valence-electron chi connectivity index (χ0n) is 16.9. The van der Waals surface area contributed by atoms with Gasteiger partial charge in [0, 0.05) is 31.1 Å². The molecule has 0 aromatic heterocycles. The van der Waals surface area contributed by atoms with Gasteiger partial charge < -0.3 is 19.7 Å². The van der Waals surface area contributed by atoms with E-state index in [1.54, 1.807) is 22.7 Å². The van der Waals surface area contributed by atoms with Crippen molar-refractivity contribution in [3.05, 3.63) is 48.5 Å². The fourth-order valence-electron chi connectivity index (χ4n) is 3.61. The second-order valence-electron chi connectivity index (χ2n) is 7.21. The van der Waals surface area contributed by atoms with Gasteiger partial charge in [0.2, 0.25) is 12.0 Å². The van der Waals surface area contributed by atoms with Crippen LogP contribution in [0.5, 0.6) is 11.5 Å². The summed E-state index contributed by atoms with van der Waals surface area (Å²) in [5.41, 5.74) is 0.832. The van der Waals surface area contributed by atoms with Crippen molar-refractivity contribution in [3.63, 3.8) is 0 Å². The number of para-hydroxylation sites is 3. The molecule has 0 radical (unpaired) electrons. The standard InChI is InChI=1S/C22H25N3O4S/c1-30-20-9-5-2-6-16(20)23-21(26)14-24-10-12-25(13-11-24)22(27)19-15-28-17-7-3-4-8-18(17)29-19/h2-9,19H,10-15H2,1H3,(H,23,26). The molecule has 2 heterocycles. The van der Waals surface area contributed by atoms with Gasteiger partial charge >= 0.3 is 0 Å². The van der Waals surface area contributed by atoms with Crippen LogP contribution in [0.3, 0.4) is 0 Å². The third kappa shape index (κ3) is 4.71. The quantitative estimate of drug-likeness (QED) is 0.739. The van der Waals surface area contributed by atoms with Crippen LogP contribution in [0.15, 0.2) is 53.4 Å². The Balaban J connectivity index is 1.26. The zero-order valence-corrected chi connectivity index (χ0v) is 17.7. The zero-order chi connectivity index (χ0) is 20.9. The minimum atomic E-state index is -0.627. The predicted octanol–water partition coefficient (Wildman–Crippen LogP) is 2.33. The second kappa shape index (κ2) is 9.40. The molecule has 2 amide bonds. The minimum Gasteiger partial charge on any atom is -0.485 e. The number of anilines is 1. The summed E-state index contributed by atoms with van der Waals surface area (Å²) in [5.74, 6) is 1.16. The second-order valence-corrected chi connectivity index (χ2v) is 8.06. The number of amides is 2. The Morgan fingerprint density at radius 3 is 2.50 bits per heavy atom. The van der Waals surface area contributed by atoms with Gasteiger partial charge in [-0.15, -0.1) is 11.8 Å². The number of hydrogen-bond donors (Lipinski definition) is 1. The number of benzene rings is 2. The number of rotatable bonds is 5. The number of thioether (sulfide) groups is 1. The average Bonchev–Trinajstić information content (AvgIpc) is 2.79. The lowest BCUT2D eigenvalue weighted by Gasteiger charge is -2.36. The topological polar surface area (TPSA) is 71.1 Å². The summed E-state index contributed by atoms with van der Waals surface area (Å²) in [6.45, 7) is 2.94. The summed E-state index contributed by atoms with van der Waals surface area (Å²) in [5, 5.41) is 2.99. The van der Waals surface area contributed by atoms with Crippen LogP contribution in [-0.2, 0) is 9.59 Å². The number of fused-ring (bicyclic) bond motifs is 1. The Hall–Kier alpha value is -2.71. The van der Waals surface area contributed by atoms with E-state index < -0.39 is 6.10 Å². The Morgan fingerprint density at radius 2 is 1.73 bits per heavy atom. The van der Waals surface area contributed by atoms with E-state index in [0.29, 0.717) is 44.2 Å². The van der Waals surface area contributed by atoms with Gasteiger partial charge in [-0.3, -0.25) is 14.5 Å². The highest BCUT2D eigenvalue weighted by Crippen LogP contribution is 2.31. The van der Waals surface area contributed by atoms with Crippen LogP contribution in [0, 0.1) is 0 Å². The monoisotopic (exact) mass is 427 g/mol. The van der Waals surface area contributed by atoms with E-state index in [1.807, 2.05) is 48.7 Å². The Bertz CT molecular complexity index is 915. The van der Waals surface area contributed by atoms with Crippen molar-refractivity contribution in [2.75, 3.05) is 50.9 Å². The Labute approximate surface area is 180 Å². The first-order valence-corrected chi connectivity index (χ1v) is 11.2. The molecule has 7 nitrogen and oxygen atoms in total. The van der Waals surface area contributed by atoms with Crippen molar-refractivity contribution in [1.82, 2.24) is 9.80 Å². The van der Waals surface area contributed by atoms with E-state index in [-0.39, 0.29) is 18.4 Å². The predicted molar refractivity (Wildman–Crippen MR) is 116 cm³/mol. The fourth-order valence-corrected chi connectivity index (χ4v) is 4.17. The van der Waals surface area contributed by atoms with Crippen molar-refractivity contribution in [1.29, 1.82) is 0 Å². The molecular formula is C22H25N3O4S. The summed E-state index contributed by atoms with van der Waals surface area (Å²) in [6.07, 6.45) is 1.36. The number of piperazine rings is 1. The third-order valence-electron chi connectivity index (χ3n) is 5.22. The molecule has 4 rings (SSSR count). The maximum atomic E-state index is 12.8. The van der Waals surface area contributed by atoms with Crippen molar-refractivity contribution in [2.45, 2.75) is 11.0 Å². The Kier molecular flexibility index (Phi) is 6.44. The molecular weight excluding hydrogens is 402 g/mol. The summed E-state index contributed by atoms with van der Waals surface area (Å²) in [6, 6.07) is 15.1. The summed E-state index contributed by atoms with van der Waals surface area (Å²) in [4.78, 5) is 30.2. The summed E-state index contributed by atoms with van der Waals surface area (Å²) >= 11 is 1.60. The smallest absolute Gasteiger partial charge is 0.267 e. The first-order chi connectivity index (χ1) is 14.6. The normalized spacial score (nSPS) is 18.7.